The number of aliphatic carboxylic acids is 1. The second kappa shape index (κ2) is 12.4. The number of fused-ring (bicyclic) bond motifs is 1. The molecule has 8 nitrogen and oxygen atoms in total. The van der Waals surface area contributed by atoms with E-state index >= 15 is 0 Å². The first kappa shape index (κ1) is 28.9. The summed E-state index contributed by atoms with van der Waals surface area (Å²) in [6, 6.07) is 18.5. The number of carboxylic acids is 1. The Kier molecular flexibility index (Phi) is 9.15. The van der Waals surface area contributed by atoms with Crippen LogP contribution in [0.1, 0.15) is 34.1 Å². The van der Waals surface area contributed by atoms with Crippen molar-refractivity contribution in [2.24, 2.45) is 0 Å². The van der Waals surface area contributed by atoms with Gasteiger partial charge in [0.05, 0.1) is 17.3 Å². The summed E-state index contributed by atoms with van der Waals surface area (Å²) in [5, 5.41) is 15.1. The standard InChI is InChI=1S/C28H21Cl2N3O5.Na/c1-15-31-23(16-2-6-18(29)7-3-16)13-26(32-15)33-27(34)17-4-8-19(9-5-17)38-25-14-24-21(12-22(25)30)20(28(35)36)10-11-37-24;/h2-9,12-14,20H,10-11H2,1H3,(H,35,36)(H,31,32,33,34);/q;+1/p-1. The number of carbonyl (C=O) groups excluding carboxylic acids is 2. The molecule has 39 heavy (non-hydrogen) atoms. The molecule has 1 aliphatic rings. The maximum absolute atomic E-state index is 12.9. The van der Waals surface area contributed by atoms with Crippen molar-refractivity contribution in [3.05, 3.63) is 93.7 Å². The summed E-state index contributed by atoms with van der Waals surface area (Å²) in [7, 11) is 0. The van der Waals surface area contributed by atoms with E-state index in [1.807, 2.05) is 12.1 Å². The van der Waals surface area contributed by atoms with Gasteiger partial charge >= 0.3 is 29.6 Å². The van der Waals surface area contributed by atoms with Gasteiger partial charge in [0, 0.05) is 45.7 Å². The molecule has 1 aromatic heterocycles. The van der Waals surface area contributed by atoms with Crippen LogP contribution in [0.2, 0.25) is 10.0 Å². The summed E-state index contributed by atoms with van der Waals surface area (Å²) >= 11 is 12.3. The summed E-state index contributed by atoms with van der Waals surface area (Å²) in [6.45, 7) is 2.00. The molecule has 1 amide bonds. The van der Waals surface area contributed by atoms with Crippen molar-refractivity contribution in [2.75, 3.05) is 11.9 Å². The Morgan fingerprint density at radius 3 is 2.44 bits per heavy atom. The second-order valence-electron chi connectivity index (χ2n) is 8.60. The predicted molar refractivity (Wildman–Crippen MR) is 141 cm³/mol. The van der Waals surface area contributed by atoms with E-state index in [1.54, 1.807) is 55.5 Å². The molecule has 3 aromatic carbocycles. The van der Waals surface area contributed by atoms with Crippen molar-refractivity contribution in [1.82, 2.24) is 9.97 Å². The van der Waals surface area contributed by atoms with Crippen LogP contribution in [0.4, 0.5) is 5.82 Å². The third-order valence-electron chi connectivity index (χ3n) is 5.95. The van der Waals surface area contributed by atoms with Gasteiger partial charge in [-0.2, -0.15) is 0 Å². The molecule has 0 saturated carbocycles. The Morgan fingerprint density at radius 2 is 1.74 bits per heavy atom. The Hall–Kier alpha value is -3.14. The fourth-order valence-corrected chi connectivity index (χ4v) is 4.44. The Morgan fingerprint density at radius 1 is 1.03 bits per heavy atom. The number of carbonyl (C=O) groups is 2. The van der Waals surface area contributed by atoms with E-state index in [0.29, 0.717) is 57.2 Å². The third kappa shape index (κ3) is 6.72. The number of ether oxygens (including phenoxy) is 2. The molecule has 1 aliphatic heterocycles. The minimum atomic E-state index is -1.17. The van der Waals surface area contributed by atoms with E-state index in [9.17, 15) is 14.7 Å². The largest absolute Gasteiger partial charge is 1.00 e. The molecule has 2 heterocycles. The predicted octanol–water partition coefficient (Wildman–Crippen LogP) is 2.42. The van der Waals surface area contributed by atoms with E-state index < -0.39 is 11.9 Å². The smallest absolute Gasteiger partial charge is 0.549 e. The summed E-state index contributed by atoms with van der Waals surface area (Å²) in [5.74, 6) is -0.331. The van der Waals surface area contributed by atoms with Gasteiger partial charge < -0.3 is 24.7 Å². The van der Waals surface area contributed by atoms with Crippen molar-refractivity contribution >= 4 is 40.9 Å². The van der Waals surface area contributed by atoms with Crippen LogP contribution in [0.3, 0.4) is 0 Å². The molecule has 0 fully saturated rings. The normalized spacial score (nSPS) is 13.9. The van der Waals surface area contributed by atoms with Crippen LogP contribution >= 0.6 is 23.2 Å². The van der Waals surface area contributed by atoms with Gasteiger partial charge in [-0.05, 0) is 55.8 Å². The Labute approximate surface area is 256 Å². The van der Waals surface area contributed by atoms with Crippen LogP contribution in [-0.4, -0.2) is 28.5 Å². The Bertz CT molecular complexity index is 1530. The van der Waals surface area contributed by atoms with Crippen LogP contribution in [0, 0.1) is 6.92 Å². The van der Waals surface area contributed by atoms with Crippen molar-refractivity contribution in [3.63, 3.8) is 0 Å². The number of benzene rings is 3. The zero-order valence-corrected chi connectivity index (χ0v) is 24.5. The number of nitrogens with zero attached hydrogens (tertiary/aromatic N) is 2. The van der Waals surface area contributed by atoms with Gasteiger partial charge in [0.2, 0.25) is 0 Å². The maximum atomic E-state index is 12.9. The monoisotopic (exact) mass is 571 g/mol. The first-order chi connectivity index (χ1) is 18.3. The topological polar surface area (TPSA) is 113 Å². The maximum Gasteiger partial charge on any atom is 1.00 e. The number of halogens is 2. The van der Waals surface area contributed by atoms with Crippen molar-refractivity contribution < 1.29 is 53.7 Å². The van der Waals surface area contributed by atoms with Crippen LogP contribution in [0.25, 0.3) is 11.3 Å². The molecular formula is C28H20Cl2N3NaO5. The van der Waals surface area contributed by atoms with E-state index in [-0.39, 0.29) is 47.1 Å². The molecule has 4 aromatic rings. The molecule has 1 unspecified atom stereocenters. The van der Waals surface area contributed by atoms with Crippen LogP contribution in [0.15, 0.2) is 66.7 Å². The minimum Gasteiger partial charge on any atom is -0.549 e. The molecule has 1 N–H and O–H groups in total. The van der Waals surface area contributed by atoms with E-state index in [4.69, 9.17) is 32.7 Å². The molecule has 0 radical (unpaired) electrons. The zero-order valence-electron chi connectivity index (χ0n) is 21.0. The summed E-state index contributed by atoms with van der Waals surface area (Å²) in [4.78, 5) is 33.1. The number of amides is 1. The van der Waals surface area contributed by atoms with Gasteiger partial charge in [0.1, 0.15) is 28.9 Å². The average Bonchev–Trinajstić information content (AvgIpc) is 2.89. The van der Waals surface area contributed by atoms with Gasteiger partial charge in [-0.25, -0.2) is 9.97 Å². The summed E-state index contributed by atoms with van der Waals surface area (Å²) in [6.07, 6.45) is 0.312. The number of rotatable bonds is 6. The van der Waals surface area contributed by atoms with Gasteiger partial charge in [-0.1, -0.05) is 35.3 Å². The number of hydrogen-bond acceptors (Lipinski definition) is 7. The first-order valence-corrected chi connectivity index (χ1v) is 12.4. The van der Waals surface area contributed by atoms with Crippen LogP contribution in [0.5, 0.6) is 17.2 Å². The van der Waals surface area contributed by atoms with E-state index in [1.165, 1.54) is 6.07 Å². The minimum absolute atomic E-state index is 0. The number of aryl methyl sites for hydroxylation is 1. The molecule has 0 spiro atoms. The van der Waals surface area contributed by atoms with Gasteiger partial charge in [-0.15, -0.1) is 0 Å². The molecule has 0 bridgehead atoms. The molecular weight excluding hydrogens is 552 g/mol. The molecule has 0 saturated heterocycles. The number of anilines is 1. The van der Waals surface area contributed by atoms with E-state index in [2.05, 4.69) is 15.3 Å². The molecule has 1 atom stereocenters. The van der Waals surface area contributed by atoms with E-state index in [0.717, 1.165) is 5.56 Å². The fourth-order valence-electron chi connectivity index (χ4n) is 4.10. The number of carboxylic acid groups (broad SMARTS) is 1. The number of nitrogens with one attached hydrogen (secondary N) is 1. The van der Waals surface area contributed by atoms with Crippen molar-refractivity contribution in [1.29, 1.82) is 0 Å². The first-order valence-electron chi connectivity index (χ1n) is 11.6. The van der Waals surface area contributed by atoms with Gasteiger partial charge in [-0.3, -0.25) is 4.79 Å². The Balaban J connectivity index is 0.00000353. The van der Waals surface area contributed by atoms with Gasteiger partial charge in [0.25, 0.3) is 5.91 Å². The number of aromatic nitrogens is 2. The zero-order chi connectivity index (χ0) is 26.8. The molecule has 0 aliphatic carbocycles. The molecule has 5 rings (SSSR count). The third-order valence-corrected chi connectivity index (χ3v) is 6.50. The second-order valence-corrected chi connectivity index (χ2v) is 9.45. The summed E-state index contributed by atoms with van der Waals surface area (Å²) in [5.41, 5.74) is 2.35. The number of hydrogen-bond donors (Lipinski definition) is 1. The van der Waals surface area contributed by atoms with Crippen LogP contribution in [-0.2, 0) is 4.79 Å². The SMILES string of the molecule is Cc1nc(NC(=O)c2ccc(Oc3cc4c(cc3Cl)C(C(=O)[O-])CCO4)cc2)cc(-c2ccc(Cl)cc2)n1.[Na+]. The van der Waals surface area contributed by atoms with Gasteiger partial charge in [0.15, 0.2) is 0 Å². The molecule has 11 heteroatoms. The van der Waals surface area contributed by atoms with Crippen molar-refractivity contribution in [3.8, 4) is 28.5 Å². The van der Waals surface area contributed by atoms with Crippen molar-refractivity contribution in [2.45, 2.75) is 19.3 Å². The molecule has 192 valence electrons. The fraction of sp³-hybridized carbons (Fsp3) is 0.143. The summed E-state index contributed by atoms with van der Waals surface area (Å²) < 4.78 is 11.5. The quantitative estimate of drug-likeness (QED) is 0.353. The average molecular weight is 572 g/mol. The van der Waals surface area contributed by atoms with Crippen LogP contribution < -0.4 is 49.5 Å².